The second-order valence-corrected chi connectivity index (χ2v) is 6.70. The largest absolute Gasteiger partial charge is 0.259 e. The Morgan fingerprint density at radius 2 is 1.08 bits per heavy atom. The highest BCUT2D eigenvalue weighted by molar-refractivity contribution is 6.02. The smallest absolute Gasteiger partial charge is 0.176 e. The van der Waals surface area contributed by atoms with E-state index in [1.165, 1.54) is 16.7 Å². The summed E-state index contributed by atoms with van der Waals surface area (Å²) in [5.41, 5.74) is 10.2. The van der Waals surface area contributed by atoms with E-state index in [4.69, 9.17) is 5.10 Å². The van der Waals surface area contributed by atoms with Crippen LogP contribution in [0.2, 0.25) is 0 Å². The lowest BCUT2D eigenvalue weighted by molar-refractivity contribution is 0.770. The molecule has 26 heavy (non-hydrogen) atoms. The first-order valence-corrected chi connectivity index (χ1v) is 8.76. The van der Waals surface area contributed by atoms with Crippen LogP contribution in [0.1, 0.15) is 22.3 Å². The second-order valence-electron chi connectivity index (χ2n) is 6.70. The second kappa shape index (κ2) is 6.56. The van der Waals surface area contributed by atoms with Crippen molar-refractivity contribution in [3.63, 3.8) is 0 Å². The summed E-state index contributed by atoms with van der Waals surface area (Å²) in [5.74, 6) is 0.825. The van der Waals surface area contributed by atoms with E-state index in [1.807, 2.05) is 10.2 Å². The molecule has 0 spiro atoms. The lowest BCUT2D eigenvalue weighted by Crippen LogP contribution is -2.44. The molecular weight excluding hydrogens is 320 g/mol. The topological polar surface area (TPSA) is 30.9 Å². The molecule has 0 fully saturated rings. The minimum absolute atomic E-state index is 0.825. The molecule has 4 nitrogen and oxygen atoms in total. The van der Waals surface area contributed by atoms with E-state index in [0.717, 1.165) is 22.8 Å². The molecule has 130 valence electrons. The standard InChI is InChI=1S/C22H22N4/c1-16-4-10-19(11-5-16)22-23-25(20-12-6-17(2)7-13-20)26(24-22)21-14-8-18(3)9-15-21/h4-15H,1-3H3,(H,23,24). The van der Waals surface area contributed by atoms with Gasteiger partial charge >= 0.3 is 0 Å². The predicted molar refractivity (Wildman–Crippen MR) is 108 cm³/mol. The zero-order valence-electron chi connectivity index (χ0n) is 15.3. The van der Waals surface area contributed by atoms with Gasteiger partial charge in [-0.15, -0.1) is 5.10 Å². The fraction of sp³-hybridized carbons (Fsp3) is 0.136. The number of hydrazone groups is 1. The number of hydrogen-bond donors (Lipinski definition) is 1. The van der Waals surface area contributed by atoms with Crippen LogP contribution in [0, 0.1) is 20.8 Å². The third-order valence-corrected chi connectivity index (χ3v) is 4.46. The number of rotatable bonds is 3. The van der Waals surface area contributed by atoms with Crippen LogP contribution >= 0.6 is 0 Å². The molecule has 4 heteroatoms. The summed E-state index contributed by atoms with van der Waals surface area (Å²) in [5, 5.41) is 8.71. The van der Waals surface area contributed by atoms with Crippen LogP contribution in [0.5, 0.6) is 0 Å². The maximum absolute atomic E-state index is 4.83. The lowest BCUT2D eigenvalue weighted by Gasteiger charge is -2.28. The van der Waals surface area contributed by atoms with Gasteiger partial charge in [0.2, 0.25) is 0 Å². The minimum Gasteiger partial charge on any atom is -0.259 e. The molecule has 0 saturated heterocycles. The molecule has 0 bridgehead atoms. The van der Waals surface area contributed by atoms with Crippen molar-refractivity contribution in [3.8, 4) is 0 Å². The Bertz CT molecular complexity index is 925. The van der Waals surface area contributed by atoms with Crippen LogP contribution in [0.4, 0.5) is 11.4 Å². The lowest BCUT2D eigenvalue weighted by atomic mass is 10.1. The summed E-state index contributed by atoms with van der Waals surface area (Å²) in [4.78, 5) is 0. The van der Waals surface area contributed by atoms with E-state index in [1.54, 1.807) is 0 Å². The van der Waals surface area contributed by atoms with Gasteiger partial charge in [0.15, 0.2) is 5.84 Å². The van der Waals surface area contributed by atoms with Gasteiger partial charge in [-0.2, -0.15) is 10.2 Å². The number of amidine groups is 1. The molecule has 0 saturated carbocycles. The summed E-state index contributed by atoms with van der Waals surface area (Å²) in [6, 6.07) is 25.1. The first kappa shape index (κ1) is 16.2. The van der Waals surface area contributed by atoms with Crippen molar-refractivity contribution in [1.29, 1.82) is 0 Å². The Labute approximate surface area is 154 Å². The number of hydrazine groups is 2. The number of anilines is 2. The van der Waals surface area contributed by atoms with Gasteiger partial charge in [0.1, 0.15) is 0 Å². The van der Waals surface area contributed by atoms with Gasteiger partial charge in [0, 0.05) is 5.56 Å². The summed E-state index contributed by atoms with van der Waals surface area (Å²) >= 11 is 0. The molecule has 0 atom stereocenters. The molecule has 1 aliphatic heterocycles. The van der Waals surface area contributed by atoms with Crippen molar-refractivity contribution in [1.82, 2.24) is 5.43 Å². The van der Waals surface area contributed by atoms with E-state index < -0.39 is 0 Å². The highest BCUT2D eigenvalue weighted by Gasteiger charge is 2.26. The Hall–Kier alpha value is -3.27. The number of nitrogens with zero attached hydrogens (tertiary/aromatic N) is 3. The van der Waals surface area contributed by atoms with Crippen molar-refractivity contribution in [2.75, 3.05) is 10.2 Å². The van der Waals surface area contributed by atoms with E-state index in [-0.39, 0.29) is 0 Å². The van der Waals surface area contributed by atoms with Crippen molar-refractivity contribution >= 4 is 17.2 Å². The molecule has 0 amide bonds. The zero-order chi connectivity index (χ0) is 18.1. The molecule has 4 rings (SSSR count). The molecule has 0 radical (unpaired) electrons. The number of benzene rings is 3. The van der Waals surface area contributed by atoms with Crippen LogP contribution in [-0.4, -0.2) is 5.84 Å². The molecule has 1 heterocycles. The van der Waals surface area contributed by atoms with Crippen LogP contribution in [0.25, 0.3) is 0 Å². The maximum atomic E-state index is 4.83. The van der Waals surface area contributed by atoms with E-state index in [9.17, 15) is 0 Å². The highest BCUT2D eigenvalue weighted by atomic mass is 15.9. The SMILES string of the molecule is Cc1ccc(C2=NN(c3ccc(C)cc3)N(c3ccc(C)cc3)N2)cc1. The van der Waals surface area contributed by atoms with Crippen molar-refractivity contribution in [2.45, 2.75) is 20.8 Å². The quantitative estimate of drug-likeness (QED) is 0.747. The first-order valence-electron chi connectivity index (χ1n) is 8.76. The summed E-state index contributed by atoms with van der Waals surface area (Å²) in [7, 11) is 0. The minimum atomic E-state index is 0.825. The summed E-state index contributed by atoms with van der Waals surface area (Å²) < 4.78 is 0. The molecule has 0 unspecified atom stereocenters. The highest BCUT2D eigenvalue weighted by Crippen LogP contribution is 2.26. The van der Waals surface area contributed by atoms with Crippen molar-refractivity contribution in [2.24, 2.45) is 5.10 Å². The summed E-state index contributed by atoms with van der Waals surface area (Å²) in [6.45, 7) is 6.27. The Morgan fingerprint density at radius 3 is 1.62 bits per heavy atom. The third-order valence-electron chi connectivity index (χ3n) is 4.46. The average molecular weight is 342 g/mol. The van der Waals surface area contributed by atoms with Crippen LogP contribution in [-0.2, 0) is 0 Å². The summed E-state index contributed by atoms with van der Waals surface area (Å²) in [6.07, 6.45) is 0. The molecule has 0 aliphatic carbocycles. The van der Waals surface area contributed by atoms with E-state index >= 15 is 0 Å². The van der Waals surface area contributed by atoms with Gasteiger partial charge in [-0.3, -0.25) is 5.43 Å². The molecule has 3 aromatic carbocycles. The van der Waals surface area contributed by atoms with Gasteiger partial charge in [0.25, 0.3) is 0 Å². The maximum Gasteiger partial charge on any atom is 0.176 e. The predicted octanol–water partition coefficient (Wildman–Crippen LogP) is 4.72. The van der Waals surface area contributed by atoms with Crippen molar-refractivity contribution in [3.05, 3.63) is 95.1 Å². The average Bonchev–Trinajstić information content (AvgIpc) is 3.09. The van der Waals surface area contributed by atoms with Gasteiger partial charge in [-0.1, -0.05) is 65.2 Å². The van der Waals surface area contributed by atoms with E-state index in [2.05, 4.69) is 99.0 Å². The van der Waals surface area contributed by atoms with E-state index in [0.29, 0.717) is 0 Å². The third kappa shape index (κ3) is 3.14. The first-order chi connectivity index (χ1) is 12.6. The molecule has 0 aromatic heterocycles. The fourth-order valence-electron chi connectivity index (χ4n) is 2.85. The van der Waals surface area contributed by atoms with Crippen molar-refractivity contribution < 1.29 is 0 Å². The van der Waals surface area contributed by atoms with Crippen LogP contribution in [0.3, 0.4) is 0 Å². The van der Waals surface area contributed by atoms with Crippen LogP contribution in [0.15, 0.2) is 77.9 Å². The zero-order valence-corrected chi connectivity index (χ0v) is 15.3. The molecule has 3 aromatic rings. The Kier molecular flexibility index (Phi) is 4.09. The Morgan fingerprint density at radius 1 is 0.615 bits per heavy atom. The van der Waals surface area contributed by atoms with Crippen LogP contribution < -0.4 is 15.7 Å². The number of nitrogens with one attached hydrogen (secondary N) is 1. The normalized spacial score (nSPS) is 13.6. The number of aryl methyl sites for hydroxylation is 3. The molecule has 1 aliphatic rings. The fourth-order valence-corrected chi connectivity index (χ4v) is 2.85. The monoisotopic (exact) mass is 342 g/mol. The molecule has 1 N–H and O–H groups in total. The molecular formula is C22H22N4. The van der Waals surface area contributed by atoms with Gasteiger partial charge in [-0.25, -0.2) is 0 Å². The number of hydrogen-bond acceptors (Lipinski definition) is 4. The van der Waals surface area contributed by atoms with Gasteiger partial charge in [0.05, 0.1) is 11.4 Å². The van der Waals surface area contributed by atoms with Gasteiger partial charge in [-0.05, 0) is 45.0 Å². The van der Waals surface area contributed by atoms with Gasteiger partial charge < -0.3 is 0 Å². The Balaban J connectivity index is 1.74.